The fourth-order valence-electron chi connectivity index (χ4n) is 1.87. The Morgan fingerprint density at radius 3 is 2.90 bits per heavy atom. The molecule has 2 rings (SSSR count). The predicted octanol–water partition coefficient (Wildman–Crippen LogP) is 1.65. The molecular weight excluding hydrogens is 257 g/mol. The predicted molar refractivity (Wildman–Crippen MR) is 74.6 cm³/mol. The second-order valence-corrected chi connectivity index (χ2v) is 4.46. The Labute approximate surface area is 116 Å². The van der Waals surface area contributed by atoms with Gasteiger partial charge in [-0.15, -0.1) is 0 Å². The van der Waals surface area contributed by atoms with E-state index in [1.54, 1.807) is 12.4 Å². The number of benzene rings is 1. The van der Waals surface area contributed by atoms with Crippen molar-refractivity contribution < 1.29 is 9.18 Å². The zero-order valence-electron chi connectivity index (χ0n) is 11.0. The number of nitrogens with one attached hydrogen (secondary N) is 1. The van der Waals surface area contributed by atoms with Crippen LogP contribution in [0.4, 0.5) is 4.39 Å². The Kier molecular flexibility index (Phi) is 4.79. The van der Waals surface area contributed by atoms with Crippen molar-refractivity contribution in [2.24, 2.45) is 5.73 Å². The van der Waals surface area contributed by atoms with E-state index in [1.165, 1.54) is 18.2 Å². The van der Waals surface area contributed by atoms with Gasteiger partial charge >= 0.3 is 0 Å². The van der Waals surface area contributed by atoms with Crippen molar-refractivity contribution >= 4 is 5.91 Å². The number of hydrogen-bond acceptors (Lipinski definition) is 3. The Balaban J connectivity index is 1.88. The molecule has 0 aliphatic rings. The van der Waals surface area contributed by atoms with Crippen LogP contribution >= 0.6 is 0 Å². The van der Waals surface area contributed by atoms with Crippen LogP contribution in [0.15, 0.2) is 42.7 Å². The van der Waals surface area contributed by atoms with E-state index in [0.717, 1.165) is 12.0 Å². The first kappa shape index (κ1) is 14.1. The Hall–Kier alpha value is -2.27. The monoisotopic (exact) mass is 273 g/mol. The van der Waals surface area contributed by atoms with Crippen molar-refractivity contribution in [3.05, 3.63) is 65.2 Å². The minimum atomic E-state index is -0.554. The average Bonchev–Trinajstić information content (AvgIpc) is 2.46. The zero-order valence-corrected chi connectivity index (χ0v) is 11.0. The Morgan fingerprint density at radius 2 is 2.20 bits per heavy atom. The molecule has 0 spiro atoms. The summed E-state index contributed by atoms with van der Waals surface area (Å²) < 4.78 is 13.6. The fraction of sp³-hybridized carbons (Fsp3) is 0.200. The van der Waals surface area contributed by atoms with Crippen LogP contribution in [0, 0.1) is 5.82 Å². The minimum Gasteiger partial charge on any atom is -0.366 e. The molecule has 0 atom stereocenters. The molecule has 4 nitrogen and oxygen atoms in total. The normalized spacial score (nSPS) is 10.4. The number of carbonyl (C=O) groups is 1. The van der Waals surface area contributed by atoms with E-state index >= 15 is 0 Å². The molecule has 104 valence electrons. The number of hydrogen-bond donors (Lipinski definition) is 2. The van der Waals surface area contributed by atoms with E-state index in [0.29, 0.717) is 24.2 Å². The van der Waals surface area contributed by atoms with Gasteiger partial charge in [-0.2, -0.15) is 0 Å². The molecule has 1 amide bonds. The Morgan fingerprint density at radius 1 is 1.35 bits per heavy atom. The summed E-state index contributed by atoms with van der Waals surface area (Å²) in [6, 6.07) is 8.00. The molecule has 0 saturated heterocycles. The third-order valence-corrected chi connectivity index (χ3v) is 2.96. The topological polar surface area (TPSA) is 68.0 Å². The van der Waals surface area contributed by atoms with Gasteiger partial charge in [0.25, 0.3) is 0 Å². The molecule has 0 bridgehead atoms. The van der Waals surface area contributed by atoms with Crippen LogP contribution in [-0.2, 0) is 13.0 Å². The summed E-state index contributed by atoms with van der Waals surface area (Å²) in [6.45, 7) is 1.05. The number of primary amides is 1. The van der Waals surface area contributed by atoms with Gasteiger partial charge in [0.2, 0.25) is 5.91 Å². The minimum absolute atomic E-state index is 0.315. The van der Waals surface area contributed by atoms with Gasteiger partial charge in [-0.25, -0.2) is 4.39 Å². The largest absolute Gasteiger partial charge is 0.366 e. The first-order valence-corrected chi connectivity index (χ1v) is 6.34. The highest BCUT2D eigenvalue weighted by atomic mass is 19.1. The van der Waals surface area contributed by atoms with Crippen LogP contribution in [-0.4, -0.2) is 17.4 Å². The summed E-state index contributed by atoms with van der Waals surface area (Å²) in [7, 11) is 0. The molecule has 1 aromatic heterocycles. The number of pyridine rings is 1. The van der Waals surface area contributed by atoms with Crippen molar-refractivity contribution in [2.75, 3.05) is 6.54 Å². The molecule has 0 aliphatic heterocycles. The molecule has 0 aliphatic carbocycles. The maximum Gasteiger partial charge on any atom is 0.248 e. The number of aromatic nitrogens is 1. The molecule has 3 N–H and O–H groups in total. The van der Waals surface area contributed by atoms with Gasteiger partial charge in [0.05, 0.1) is 0 Å². The van der Waals surface area contributed by atoms with Crippen molar-refractivity contribution in [2.45, 2.75) is 13.0 Å². The lowest BCUT2D eigenvalue weighted by atomic mass is 10.1. The molecule has 1 aromatic carbocycles. The van der Waals surface area contributed by atoms with E-state index in [1.807, 2.05) is 12.1 Å². The molecule has 0 unspecified atom stereocenters. The number of carbonyl (C=O) groups excluding carboxylic acids is 1. The second kappa shape index (κ2) is 6.77. The van der Waals surface area contributed by atoms with Gasteiger partial charge in [-0.3, -0.25) is 9.78 Å². The van der Waals surface area contributed by atoms with Crippen LogP contribution in [0.2, 0.25) is 0 Å². The summed E-state index contributed by atoms with van der Waals surface area (Å²) >= 11 is 0. The van der Waals surface area contributed by atoms with Crippen LogP contribution < -0.4 is 11.1 Å². The summed E-state index contributed by atoms with van der Waals surface area (Å²) in [6.07, 6.45) is 4.34. The van der Waals surface area contributed by atoms with Crippen molar-refractivity contribution in [3.8, 4) is 0 Å². The molecule has 2 aromatic rings. The van der Waals surface area contributed by atoms with Gasteiger partial charge in [0.15, 0.2) is 0 Å². The highest BCUT2D eigenvalue weighted by Crippen LogP contribution is 2.10. The van der Waals surface area contributed by atoms with Crippen LogP contribution in [0.5, 0.6) is 0 Å². The number of rotatable bonds is 6. The van der Waals surface area contributed by atoms with E-state index in [2.05, 4.69) is 10.3 Å². The first-order valence-electron chi connectivity index (χ1n) is 6.34. The lowest BCUT2D eigenvalue weighted by molar-refractivity contribution is 0.1000. The number of nitrogens with zero attached hydrogens (tertiary/aromatic N) is 1. The standard InChI is InChI=1S/C15H16FN3O/c16-14-4-3-12(15(17)20)8-13(14)10-19-7-5-11-2-1-6-18-9-11/h1-4,6,8-9,19H,5,7,10H2,(H2,17,20). The van der Waals surface area contributed by atoms with Gasteiger partial charge in [0.1, 0.15) is 5.82 Å². The summed E-state index contributed by atoms with van der Waals surface area (Å²) in [5, 5.41) is 3.14. The van der Waals surface area contributed by atoms with Crippen LogP contribution in [0.1, 0.15) is 21.5 Å². The van der Waals surface area contributed by atoms with Gasteiger partial charge in [-0.05, 0) is 42.8 Å². The molecule has 20 heavy (non-hydrogen) atoms. The summed E-state index contributed by atoms with van der Waals surface area (Å²) in [4.78, 5) is 15.1. The highest BCUT2D eigenvalue weighted by Gasteiger charge is 2.06. The first-order chi connectivity index (χ1) is 9.66. The maximum atomic E-state index is 13.6. The van der Waals surface area contributed by atoms with E-state index in [-0.39, 0.29) is 5.82 Å². The average molecular weight is 273 g/mol. The summed E-state index contributed by atoms with van der Waals surface area (Å²) in [5.41, 5.74) is 7.04. The van der Waals surface area contributed by atoms with E-state index < -0.39 is 5.91 Å². The van der Waals surface area contributed by atoms with E-state index in [9.17, 15) is 9.18 Å². The number of halogens is 1. The maximum absolute atomic E-state index is 13.6. The Bertz CT molecular complexity index is 587. The van der Waals surface area contributed by atoms with E-state index in [4.69, 9.17) is 5.73 Å². The fourth-order valence-corrected chi connectivity index (χ4v) is 1.87. The molecule has 1 heterocycles. The van der Waals surface area contributed by atoms with Gasteiger partial charge < -0.3 is 11.1 Å². The van der Waals surface area contributed by atoms with Crippen molar-refractivity contribution in [1.82, 2.24) is 10.3 Å². The van der Waals surface area contributed by atoms with Crippen LogP contribution in [0.25, 0.3) is 0 Å². The quantitative estimate of drug-likeness (QED) is 0.786. The lowest BCUT2D eigenvalue weighted by Gasteiger charge is -2.07. The van der Waals surface area contributed by atoms with Crippen molar-refractivity contribution in [3.63, 3.8) is 0 Å². The SMILES string of the molecule is NC(=O)c1ccc(F)c(CNCCc2cccnc2)c1. The lowest BCUT2D eigenvalue weighted by Crippen LogP contribution is -2.18. The molecule has 0 saturated carbocycles. The molecule has 0 radical (unpaired) electrons. The highest BCUT2D eigenvalue weighted by molar-refractivity contribution is 5.92. The van der Waals surface area contributed by atoms with Crippen molar-refractivity contribution in [1.29, 1.82) is 0 Å². The molecular formula is C15H16FN3O. The second-order valence-electron chi connectivity index (χ2n) is 4.46. The van der Waals surface area contributed by atoms with Crippen LogP contribution in [0.3, 0.4) is 0 Å². The third kappa shape index (κ3) is 3.86. The van der Waals surface area contributed by atoms with Gasteiger partial charge in [-0.1, -0.05) is 6.07 Å². The third-order valence-electron chi connectivity index (χ3n) is 2.96. The summed E-state index contributed by atoms with van der Waals surface area (Å²) in [5.74, 6) is -0.898. The molecule has 5 heteroatoms. The zero-order chi connectivity index (χ0) is 14.4. The molecule has 0 fully saturated rings. The number of nitrogens with two attached hydrogens (primary N) is 1. The smallest absolute Gasteiger partial charge is 0.248 e. The number of amides is 1. The van der Waals surface area contributed by atoms with Gasteiger partial charge in [0, 0.05) is 30.1 Å².